The van der Waals surface area contributed by atoms with Crippen molar-refractivity contribution >= 4 is 17.6 Å². The van der Waals surface area contributed by atoms with Crippen molar-refractivity contribution in [3.05, 3.63) is 65.3 Å². The number of alkyl halides is 3. The minimum Gasteiger partial charge on any atom is -0.491 e. The molecule has 3 aromatic heterocycles. The number of amides is 2. The zero-order valence-corrected chi connectivity index (χ0v) is 18.2. The first-order valence-corrected chi connectivity index (χ1v) is 10.3. The summed E-state index contributed by atoms with van der Waals surface area (Å²) in [5, 5.41) is 2.65. The third-order valence-electron chi connectivity index (χ3n) is 5.39. The smallest absolute Gasteiger partial charge is 0.392 e. The van der Waals surface area contributed by atoms with E-state index in [1.165, 1.54) is 18.7 Å². The SMILES string of the molecule is Cc1cc(C(C)N2Cc3c(ccnc3NC(=O)c3cocn3)C2=O)ncc1OCCC(F)(F)F. The Balaban J connectivity index is 1.48. The molecule has 0 bridgehead atoms. The number of rotatable bonds is 7. The van der Waals surface area contributed by atoms with Crippen molar-refractivity contribution in [1.82, 2.24) is 19.9 Å². The molecule has 0 radical (unpaired) electrons. The Morgan fingerprint density at radius 3 is 2.79 bits per heavy atom. The molecule has 1 aliphatic heterocycles. The predicted octanol–water partition coefficient (Wildman–Crippen LogP) is 4.07. The number of aromatic nitrogens is 3. The van der Waals surface area contributed by atoms with Crippen LogP contribution in [0.3, 0.4) is 0 Å². The standard InChI is InChI=1S/C22H20F3N5O4/c1-12-7-16(27-8-18(12)34-6-4-22(23,24)25)13(2)30-9-15-14(21(30)32)3-5-26-19(15)29-20(31)17-10-33-11-28-17/h3,5,7-8,10-11,13H,4,6,9H2,1-2H3,(H,26,29,31). The summed E-state index contributed by atoms with van der Waals surface area (Å²) < 4.78 is 47.1. The monoisotopic (exact) mass is 475 g/mol. The van der Waals surface area contributed by atoms with Gasteiger partial charge in [-0.2, -0.15) is 13.2 Å². The van der Waals surface area contributed by atoms with Crippen molar-refractivity contribution in [2.75, 3.05) is 11.9 Å². The van der Waals surface area contributed by atoms with E-state index in [-0.39, 0.29) is 29.7 Å². The topological polar surface area (TPSA) is 110 Å². The molecule has 1 atom stereocenters. The Bertz CT molecular complexity index is 1210. The third kappa shape index (κ3) is 4.85. The van der Waals surface area contributed by atoms with Crippen LogP contribution < -0.4 is 10.1 Å². The molecule has 34 heavy (non-hydrogen) atoms. The molecule has 0 saturated carbocycles. The Morgan fingerprint density at radius 2 is 2.12 bits per heavy atom. The molecule has 12 heteroatoms. The second kappa shape index (κ2) is 9.12. The number of nitrogens with one attached hydrogen (secondary N) is 1. The summed E-state index contributed by atoms with van der Waals surface area (Å²) in [4.78, 5) is 39.3. The Labute approximate surface area is 192 Å². The minimum atomic E-state index is -4.30. The van der Waals surface area contributed by atoms with Crippen LogP contribution in [0.5, 0.6) is 5.75 Å². The van der Waals surface area contributed by atoms with E-state index in [0.717, 1.165) is 6.39 Å². The van der Waals surface area contributed by atoms with Gasteiger partial charge in [-0.05, 0) is 31.5 Å². The fourth-order valence-corrected chi connectivity index (χ4v) is 3.55. The molecule has 9 nitrogen and oxygen atoms in total. The van der Waals surface area contributed by atoms with Crippen LogP contribution in [0.15, 0.2) is 41.6 Å². The Hall–Kier alpha value is -3.96. The number of ether oxygens (including phenoxy) is 1. The van der Waals surface area contributed by atoms with Crippen LogP contribution in [0.25, 0.3) is 0 Å². The molecule has 1 unspecified atom stereocenters. The van der Waals surface area contributed by atoms with Crippen LogP contribution >= 0.6 is 0 Å². The summed E-state index contributed by atoms with van der Waals surface area (Å²) >= 11 is 0. The molecular formula is C22H20F3N5O4. The molecule has 4 heterocycles. The summed E-state index contributed by atoms with van der Waals surface area (Å²) in [6.07, 6.45) is -0.248. The highest BCUT2D eigenvalue weighted by Gasteiger charge is 2.35. The second-order valence-electron chi connectivity index (χ2n) is 7.71. The number of fused-ring (bicyclic) bond motifs is 1. The van der Waals surface area contributed by atoms with Gasteiger partial charge < -0.3 is 19.4 Å². The first-order valence-electron chi connectivity index (χ1n) is 10.3. The minimum absolute atomic E-state index is 0.0752. The van der Waals surface area contributed by atoms with E-state index in [2.05, 4.69) is 20.3 Å². The number of anilines is 1. The van der Waals surface area contributed by atoms with Crippen molar-refractivity contribution in [2.45, 2.75) is 39.0 Å². The highest BCUT2D eigenvalue weighted by Crippen LogP contribution is 2.34. The zero-order valence-electron chi connectivity index (χ0n) is 18.2. The van der Waals surface area contributed by atoms with E-state index in [0.29, 0.717) is 22.4 Å². The lowest BCUT2D eigenvalue weighted by atomic mass is 10.1. The number of hydrogen-bond donors (Lipinski definition) is 1. The van der Waals surface area contributed by atoms with Crippen molar-refractivity contribution in [3.63, 3.8) is 0 Å². The maximum absolute atomic E-state index is 13.1. The number of aryl methyl sites for hydroxylation is 1. The number of carbonyl (C=O) groups is 2. The van der Waals surface area contributed by atoms with Crippen LogP contribution in [-0.4, -0.2) is 44.4 Å². The summed E-state index contributed by atoms with van der Waals surface area (Å²) in [5.41, 5.74) is 2.18. The number of pyridine rings is 2. The van der Waals surface area contributed by atoms with Crippen molar-refractivity contribution < 1.29 is 31.9 Å². The fourth-order valence-electron chi connectivity index (χ4n) is 3.55. The summed E-state index contributed by atoms with van der Waals surface area (Å²) in [5.74, 6) is -0.289. The average molecular weight is 475 g/mol. The third-order valence-corrected chi connectivity index (χ3v) is 5.39. The van der Waals surface area contributed by atoms with E-state index >= 15 is 0 Å². The predicted molar refractivity (Wildman–Crippen MR) is 112 cm³/mol. The molecule has 1 N–H and O–H groups in total. The van der Waals surface area contributed by atoms with E-state index in [1.54, 1.807) is 30.9 Å². The average Bonchev–Trinajstić information content (AvgIpc) is 3.43. The van der Waals surface area contributed by atoms with Gasteiger partial charge in [-0.3, -0.25) is 14.6 Å². The molecule has 0 fully saturated rings. The lowest BCUT2D eigenvalue weighted by Gasteiger charge is -2.24. The second-order valence-corrected chi connectivity index (χ2v) is 7.71. The molecule has 1 aliphatic rings. The van der Waals surface area contributed by atoms with Gasteiger partial charge in [-0.15, -0.1) is 0 Å². The molecule has 4 rings (SSSR count). The van der Waals surface area contributed by atoms with Gasteiger partial charge in [-0.1, -0.05) is 0 Å². The van der Waals surface area contributed by atoms with Crippen molar-refractivity contribution in [3.8, 4) is 5.75 Å². The number of oxazole rings is 1. The van der Waals surface area contributed by atoms with Gasteiger partial charge in [0, 0.05) is 17.3 Å². The van der Waals surface area contributed by atoms with Crippen LogP contribution in [-0.2, 0) is 6.54 Å². The molecule has 0 aliphatic carbocycles. The number of halogens is 3. The molecule has 2 amide bonds. The highest BCUT2D eigenvalue weighted by atomic mass is 19.4. The van der Waals surface area contributed by atoms with Gasteiger partial charge >= 0.3 is 6.18 Å². The molecule has 178 valence electrons. The van der Waals surface area contributed by atoms with Gasteiger partial charge in [0.15, 0.2) is 12.1 Å². The molecule has 0 saturated heterocycles. The van der Waals surface area contributed by atoms with E-state index in [9.17, 15) is 22.8 Å². The molecule has 3 aromatic rings. The molecule has 0 spiro atoms. The van der Waals surface area contributed by atoms with Crippen molar-refractivity contribution in [2.24, 2.45) is 0 Å². The van der Waals surface area contributed by atoms with Gasteiger partial charge in [0.1, 0.15) is 17.8 Å². The summed E-state index contributed by atoms with van der Waals surface area (Å²) in [6.45, 7) is 3.17. The van der Waals surface area contributed by atoms with Gasteiger partial charge in [0.05, 0.1) is 37.5 Å². The maximum atomic E-state index is 13.1. The lowest BCUT2D eigenvalue weighted by Crippen LogP contribution is -2.28. The largest absolute Gasteiger partial charge is 0.491 e. The maximum Gasteiger partial charge on any atom is 0.392 e. The normalized spacial score (nSPS) is 14.1. The lowest BCUT2D eigenvalue weighted by molar-refractivity contribution is -0.139. The van der Waals surface area contributed by atoms with E-state index in [4.69, 9.17) is 9.15 Å². The first kappa shape index (κ1) is 23.2. The number of carbonyl (C=O) groups excluding carboxylic acids is 2. The Kier molecular flexibility index (Phi) is 6.22. The van der Waals surface area contributed by atoms with E-state index < -0.39 is 31.2 Å². The number of hydrogen-bond acceptors (Lipinski definition) is 7. The number of nitrogens with zero attached hydrogens (tertiary/aromatic N) is 4. The van der Waals surface area contributed by atoms with Gasteiger partial charge in [0.25, 0.3) is 11.8 Å². The summed E-state index contributed by atoms with van der Waals surface area (Å²) in [7, 11) is 0. The zero-order chi connectivity index (χ0) is 24.5. The van der Waals surface area contributed by atoms with E-state index in [1.807, 2.05) is 0 Å². The quantitative estimate of drug-likeness (QED) is 0.548. The van der Waals surface area contributed by atoms with Gasteiger partial charge in [-0.25, -0.2) is 9.97 Å². The highest BCUT2D eigenvalue weighted by molar-refractivity contribution is 6.05. The molecule has 0 aromatic carbocycles. The fraction of sp³-hybridized carbons (Fsp3) is 0.318. The van der Waals surface area contributed by atoms with Crippen LogP contribution in [0.2, 0.25) is 0 Å². The Morgan fingerprint density at radius 1 is 1.32 bits per heavy atom. The first-order chi connectivity index (χ1) is 16.1. The van der Waals surface area contributed by atoms with Crippen LogP contribution in [0.1, 0.15) is 57.1 Å². The van der Waals surface area contributed by atoms with Crippen LogP contribution in [0, 0.1) is 6.92 Å². The van der Waals surface area contributed by atoms with Crippen LogP contribution in [0.4, 0.5) is 19.0 Å². The molecular weight excluding hydrogens is 455 g/mol. The van der Waals surface area contributed by atoms with Gasteiger partial charge in [0.2, 0.25) is 0 Å². The summed E-state index contributed by atoms with van der Waals surface area (Å²) in [6, 6.07) is 2.80. The van der Waals surface area contributed by atoms with Crippen molar-refractivity contribution in [1.29, 1.82) is 0 Å².